The Morgan fingerprint density at radius 2 is 1.86 bits per heavy atom. The standard InChI is InChI=1S/C16H26N2O2S/c1-13(2)12-18(14-8-4-5-9-14)21(19,20)16-11-7-6-10-15(16)17-3/h6-7,10-11,13-14,17H,4-5,8-9,12H2,1-3H3. The molecular formula is C16H26N2O2S. The van der Waals surface area contributed by atoms with Crippen molar-refractivity contribution in [3.8, 4) is 0 Å². The van der Waals surface area contributed by atoms with E-state index in [1.807, 2.05) is 12.1 Å². The molecule has 0 amide bonds. The number of anilines is 1. The molecule has 1 fully saturated rings. The van der Waals surface area contributed by atoms with Crippen LogP contribution >= 0.6 is 0 Å². The van der Waals surface area contributed by atoms with Crippen molar-refractivity contribution in [1.82, 2.24) is 4.31 Å². The van der Waals surface area contributed by atoms with E-state index in [4.69, 9.17) is 0 Å². The summed E-state index contributed by atoms with van der Waals surface area (Å²) < 4.78 is 28.0. The van der Waals surface area contributed by atoms with Crippen molar-refractivity contribution >= 4 is 15.7 Å². The average molecular weight is 310 g/mol. The van der Waals surface area contributed by atoms with Gasteiger partial charge >= 0.3 is 0 Å². The van der Waals surface area contributed by atoms with Gasteiger partial charge in [-0.2, -0.15) is 4.31 Å². The van der Waals surface area contributed by atoms with Gasteiger partial charge in [0.1, 0.15) is 4.90 Å². The lowest BCUT2D eigenvalue weighted by Gasteiger charge is -2.30. The zero-order valence-electron chi connectivity index (χ0n) is 13.2. The lowest BCUT2D eigenvalue weighted by Crippen LogP contribution is -2.41. The molecule has 0 aromatic heterocycles. The molecule has 4 nitrogen and oxygen atoms in total. The van der Waals surface area contributed by atoms with Crippen LogP contribution in [0.1, 0.15) is 39.5 Å². The first-order chi connectivity index (χ1) is 9.96. The Balaban J connectivity index is 2.41. The van der Waals surface area contributed by atoms with Gasteiger partial charge in [-0.3, -0.25) is 0 Å². The Bertz CT molecular complexity index is 563. The van der Waals surface area contributed by atoms with Crippen molar-refractivity contribution in [3.63, 3.8) is 0 Å². The van der Waals surface area contributed by atoms with E-state index < -0.39 is 10.0 Å². The summed E-state index contributed by atoms with van der Waals surface area (Å²) >= 11 is 0. The first kappa shape index (κ1) is 16.3. The van der Waals surface area contributed by atoms with Crippen LogP contribution in [0.4, 0.5) is 5.69 Å². The molecule has 2 rings (SSSR count). The molecule has 0 atom stereocenters. The second-order valence-corrected chi connectivity index (χ2v) is 8.01. The van der Waals surface area contributed by atoms with E-state index in [-0.39, 0.29) is 6.04 Å². The molecule has 118 valence electrons. The maximum absolute atomic E-state index is 13.1. The molecule has 0 bridgehead atoms. The highest BCUT2D eigenvalue weighted by Gasteiger charge is 2.34. The van der Waals surface area contributed by atoms with Gasteiger partial charge in [-0.15, -0.1) is 0 Å². The lowest BCUT2D eigenvalue weighted by molar-refractivity contribution is 0.292. The van der Waals surface area contributed by atoms with Crippen molar-refractivity contribution in [1.29, 1.82) is 0 Å². The number of rotatable bonds is 6. The van der Waals surface area contributed by atoms with Gasteiger partial charge in [0.25, 0.3) is 0 Å². The van der Waals surface area contributed by atoms with Crippen molar-refractivity contribution < 1.29 is 8.42 Å². The average Bonchev–Trinajstić information content (AvgIpc) is 2.98. The number of hydrogen-bond donors (Lipinski definition) is 1. The SMILES string of the molecule is CNc1ccccc1S(=O)(=O)N(CC(C)C)C1CCCC1. The third kappa shape index (κ3) is 3.58. The van der Waals surface area contributed by atoms with Crippen LogP contribution in [0.2, 0.25) is 0 Å². The summed E-state index contributed by atoms with van der Waals surface area (Å²) in [4.78, 5) is 0.389. The Morgan fingerprint density at radius 1 is 1.24 bits per heavy atom. The van der Waals surface area contributed by atoms with E-state index in [1.165, 1.54) is 0 Å². The molecule has 21 heavy (non-hydrogen) atoms. The van der Waals surface area contributed by atoms with Gasteiger partial charge in [-0.1, -0.05) is 38.8 Å². The van der Waals surface area contributed by atoms with E-state index in [9.17, 15) is 8.42 Å². The first-order valence-corrected chi connectivity index (χ1v) is 9.19. The topological polar surface area (TPSA) is 49.4 Å². The molecule has 1 aliphatic rings. The summed E-state index contributed by atoms with van der Waals surface area (Å²) in [6.07, 6.45) is 4.21. The summed E-state index contributed by atoms with van der Waals surface area (Å²) in [7, 11) is -1.69. The summed E-state index contributed by atoms with van der Waals surface area (Å²) in [6, 6.07) is 7.31. The fourth-order valence-electron chi connectivity index (χ4n) is 3.02. The van der Waals surface area contributed by atoms with E-state index in [1.54, 1.807) is 23.5 Å². The third-order valence-electron chi connectivity index (χ3n) is 4.02. The maximum Gasteiger partial charge on any atom is 0.245 e. The minimum Gasteiger partial charge on any atom is -0.387 e. The number of nitrogens with one attached hydrogen (secondary N) is 1. The zero-order valence-corrected chi connectivity index (χ0v) is 14.0. The number of benzene rings is 1. The summed E-state index contributed by atoms with van der Waals surface area (Å²) in [5.41, 5.74) is 0.671. The van der Waals surface area contributed by atoms with Crippen LogP contribution in [0.15, 0.2) is 29.2 Å². The number of hydrogen-bond acceptors (Lipinski definition) is 3. The van der Waals surface area contributed by atoms with E-state index >= 15 is 0 Å². The van der Waals surface area contributed by atoms with Crippen molar-refractivity contribution in [2.24, 2.45) is 5.92 Å². The summed E-state index contributed by atoms with van der Waals surface area (Å²) in [5.74, 6) is 0.321. The Hall–Kier alpha value is -1.07. The maximum atomic E-state index is 13.1. The van der Waals surface area contributed by atoms with Crippen LogP contribution in [0.5, 0.6) is 0 Å². The van der Waals surface area contributed by atoms with E-state index in [2.05, 4.69) is 19.2 Å². The predicted octanol–water partition coefficient (Wildman–Crippen LogP) is 3.32. The van der Waals surface area contributed by atoms with Crippen LogP contribution in [0, 0.1) is 5.92 Å². The largest absolute Gasteiger partial charge is 0.387 e. The minimum absolute atomic E-state index is 0.155. The van der Waals surface area contributed by atoms with Crippen molar-refractivity contribution in [3.05, 3.63) is 24.3 Å². The molecule has 5 heteroatoms. The van der Waals surface area contributed by atoms with Gasteiger partial charge < -0.3 is 5.32 Å². The molecule has 1 aromatic carbocycles. The molecule has 0 saturated heterocycles. The van der Waals surface area contributed by atoms with E-state index in [0.717, 1.165) is 25.7 Å². The van der Waals surface area contributed by atoms with Gasteiger partial charge in [-0.25, -0.2) is 8.42 Å². The summed E-state index contributed by atoms with van der Waals surface area (Å²) in [5, 5.41) is 2.99. The number of sulfonamides is 1. The zero-order chi connectivity index (χ0) is 15.5. The van der Waals surface area contributed by atoms with Crippen molar-refractivity contribution in [2.45, 2.75) is 50.5 Å². The monoisotopic (exact) mass is 310 g/mol. The Kier molecular flexibility index (Phi) is 5.27. The highest BCUT2D eigenvalue weighted by molar-refractivity contribution is 7.89. The molecule has 1 N–H and O–H groups in total. The molecule has 0 heterocycles. The van der Waals surface area contributed by atoms with Gasteiger partial charge in [-0.05, 0) is 30.9 Å². The highest BCUT2D eigenvalue weighted by Crippen LogP contribution is 2.32. The fraction of sp³-hybridized carbons (Fsp3) is 0.625. The molecule has 0 radical (unpaired) electrons. The van der Waals surface area contributed by atoms with Gasteiger partial charge in [0.05, 0.1) is 5.69 Å². The minimum atomic E-state index is -3.45. The van der Waals surface area contributed by atoms with Crippen LogP contribution in [0.25, 0.3) is 0 Å². The second-order valence-electron chi connectivity index (χ2n) is 6.15. The lowest BCUT2D eigenvalue weighted by atomic mass is 10.2. The summed E-state index contributed by atoms with van der Waals surface area (Å²) in [6.45, 7) is 4.73. The number of para-hydroxylation sites is 1. The van der Waals surface area contributed by atoms with Crippen LogP contribution in [-0.2, 0) is 10.0 Å². The van der Waals surface area contributed by atoms with Gasteiger partial charge in [0.2, 0.25) is 10.0 Å². The molecule has 0 spiro atoms. The Morgan fingerprint density at radius 3 is 2.43 bits per heavy atom. The number of nitrogens with zero attached hydrogens (tertiary/aromatic N) is 1. The van der Waals surface area contributed by atoms with Gasteiger partial charge in [0, 0.05) is 19.6 Å². The van der Waals surface area contributed by atoms with Gasteiger partial charge in [0.15, 0.2) is 0 Å². The van der Waals surface area contributed by atoms with Crippen LogP contribution < -0.4 is 5.32 Å². The van der Waals surface area contributed by atoms with E-state index in [0.29, 0.717) is 23.0 Å². The molecule has 1 aromatic rings. The quantitative estimate of drug-likeness (QED) is 0.877. The third-order valence-corrected chi connectivity index (χ3v) is 6.00. The fourth-order valence-corrected chi connectivity index (χ4v) is 5.07. The molecular weight excluding hydrogens is 284 g/mol. The molecule has 1 aliphatic carbocycles. The molecule has 1 saturated carbocycles. The van der Waals surface area contributed by atoms with Crippen LogP contribution in [-0.4, -0.2) is 32.4 Å². The van der Waals surface area contributed by atoms with Crippen molar-refractivity contribution in [2.75, 3.05) is 18.9 Å². The molecule has 0 unspecified atom stereocenters. The smallest absolute Gasteiger partial charge is 0.245 e. The first-order valence-electron chi connectivity index (χ1n) is 7.75. The van der Waals surface area contributed by atoms with Crippen LogP contribution in [0.3, 0.4) is 0 Å². The normalized spacial score (nSPS) is 16.8. The predicted molar refractivity (Wildman–Crippen MR) is 87.0 cm³/mol. The molecule has 0 aliphatic heterocycles. The Labute approximate surface area is 128 Å². The second kappa shape index (κ2) is 6.79. The highest BCUT2D eigenvalue weighted by atomic mass is 32.2.